The molecule has 1 aliphatic rings. The van der Waals surface area contributed by atoms with E-state index in [1.807, 2.05) is 18.2 Å². The standard InChI is InChI=1S/C29H24F3NS/c1-17-11-12-22-23-13-14-33-26(28(23)34-27(22)25(17)29(30,31)32)20-15-19-9-5-6-10-21(19)24(16-20)18-7-3-2-4-8-18/h5-6,9-16,18H,2-4,7-8H2,1H3. The Labute approximate surface area is 200 Å². The summed E-state index contributed by atoms with van der Waals surface area (Å²) in [5.41, 5.74) is 2.83. The molecular weight excluding hydrogens is 451 g/mol. The highest BCUT2D eigenvalue weighted by Gasteiger charge is 2.35. The minimum atomic E-state index is -4.39. The third-order valence-corrected chi connectivity index (χ3v) is 8.51. The molecule has 0 spiro atoms. The molecule has 0 amide bonds. The molecule has 1 aliphatic carbocycles. The van der Waals surface area contributed by atoms with Crippen molar-refractivity contribution in [2.24, 2.45) is 0 Å². The summed E-state index contributed by atoms with van der Waals surface area (Å²) >= 11 is 1.22. The predicted molar refractivity (Wildman–Crippen MR) is 136 cm³/mol. The van der Waals surface area contributed by atoms with Crippen molar-refractivity contribution < 1.29 is 13.2 Å². The average Bonchev–Trinajstić information content (AvgIpc) is 3.21. The summed E-state index contributed by atoms with van der Waals surface area (Å²) in [5.74, 6) is 0.514. The largest absolute Gasteiger partial charge is 0.418 e. The molecule has 3 aromatic carbocycles. The monoisotopic (exact) mass is 475 g/mol. The lowest BCUT2D eigenvalue weighted by Gasteiger charge is -2.24. The van der Waals surface area contributed by atoms with Crippen LogP contribution in [0.15, 0.2) is 60.8 Å². The second-order valence-electron chi connectivity index (χ2n) is 9.39. The van der Waals surface area contributed by atoms with Gasteiger partial charge >= 0.3 is 6.18 Å². The highest BCUT2D eigenvalue weighted by Crippen LogP contribution is 2.46. The van der Waals surface area contributed by atoms with E-state index in [1.54, 1.807) is 12.3 Å². The number of fused-ring (bicyclic) bond motifs is 4. The van der Waals surface area contributed by atoms with E-state index >= 15 is 0 Å². The van der Waals surface area contributed by atoms with Gasteiger partial charge in [-0.15, -0.1) is 11.3 Å². The summed E-state index contributed by atoms with van der Waals surface area (Å²) in [5, 5.41) is 3.92. The van der Waals surface area contributed by atoms with Crippen LogP contribution in [0.4, 0.5) is 13.2 Å². The van der Waals surface area contributed by atoms with Crippen LogP contribution in [0.1, 0.15) is 54.7 Å². The number of alkyl halides is 3. The van der Waals surface area contributed by atoms with Crippen molar-refractivity contribution in [3.05, 3.63) is 77.5 Å². The SMILES string of the molecule is Cc1ccc2c(sc3c(-c4cc(C5CCCCC5)c5ccccc5c4)nccc32)c1C(F)(F)F. The fourth-order valence-corrected chi connectivity index (χ4v) is 7.08. The molecule has 0 saturated heterocycles. The molecule has 0 bridgehead atoms. The van der Waals surface area contributed by atoms with Crippen molar-refractivity contribution in [1.82, 2.24) is 4.98 Å². The minimum Gasteiger partial charge on any atom is -0.255 e. The van der Waals surface area contributed by atoms with Gasteiger partial charge in [-0.1, -0.05) is 55.7 Å². The van der Waals surface area contributed by atoms with Gasteiger partial charge in [-0.2, -0.15) is 13.2 Å². The molecule has 5 aromatic rings. The zero-order chi connectivity index (χ0) is 23.4. The van der Waals surface area contributed by atoms with Crippen LogP contribution in [-0.4, -0.2) is 4.98 Å². The first-order valence-corrected chi connectivity index (χ1v) is 12.6. The van der Waals surface area contributed by atoms with Gasteiger partial charge in [0.25, 0.3) is 0 Å². The molecule has 0 N–H and O–H groups in total. The van der Waals surface area contributed by atoms with E-state index in [0.29, 0.717) is 16.0 Å². The number of benzene rings is 3. The fourth-order valence-electron chi connectivity index (χ4n) is 5.65. The van der Waals surface area contributed by atoms with E-state index in [1.165, 1.54) is 61.3 Å². The Kier molecular flexibility index (Phi) is 5.14. The van der Waals surface area contributed by atoms with Crippen molar-refractivity contribution in [1.29, 1.82) is 0 Å². The molecule has 6 rings (SSSR count). The van der Waals surface area contributed by atoms with Gasteiger partial charge in [0.1, 0.15) is 0 Å². The van der Waals surface area contributed by atoms with E-state index in [0.717, 1.165) is 26.7 Å². The van der Waals surface area contributed by atoms with Gasteiger partial charge in [0.05, 0.1) is 16.0 Å². The Bertz CT molecular complexity index is 1540. The Morgan fingerprint density at radius 3 is 2.41 bits per heavy atom. The number of hydrogen-bond donors (Lipinski definition) is 0. The Balaban J connectivity index is 1.63. The number of thiophene rings is 1. The summed E-state index contributed by atoms with van der Waals surface area (Å²) in [4.78, 5) is 4.71. The van der Waals surface area contributed by atoms with E-state index in [9.17, 15) is 13.2 Å². The predicted octanol–water partition coefficient (Wildman–Crippen LogP) is 9.64. The summed E-state index contributed by atoms with van der Waals surface area (Å²) in [6.45, 7) is 1.53. The van der Waals surface area contributed by atoms with E-state index < -0.39 is 11.7 Å². The van der Waals surface area contributed by atoms with Crippen LogP contribution >= 0.6 is 11.3 Å². The van der Waals surface area contributed by atoms with Crippen LogP contribution in [0, 0.1) is 6.92 Å². The van der Waals surface area contributed by atoms with Crippen LogP contribution in [0.25, 0.3) is 42.2 Å². The molecule has 0 atom stereocenters. The maximum atomic E-state index is 14.0. The molecule has 0 unspecified atom stereocenters. The Morgan fingerprint density at radius 2 is 1.62 bits per heavy atom. The van der Waals surface area contributed by atoms with E-state index in [-0.39, 0.29) is 5.56 Å². The molecule has 1 nitrogen and oxygen atoms in total. The van der Waals surface area contributed by atoms with Gasteiger partial charge in [-0.25, -0.2) is 0 Å². The zero-order valence-electron chi connectivity index (χ0n) is 18.9. The van der Waals surface area contributed by atoms with Crippen molar-refractivity contribution in [2.45, 2.75) is 51.1 Å². The molecule has 0 radical (unpaired) electrons. The fraction of sp³-hybridized carbons (Fsp3) is 0.276. The Morgan fingerprint density at radius 1 is 0.853 bits per heavy atom. The van der Waals surface area contributed by atoms with Crippen LogP contribution in [0.3, 0.4) is 0 Å². The number of hydrogen-bond acceptors (Lipinski definition) is 2. The quantitative estimate of drug-likeness (QED) is 0.248. The van der Waals surface area contributed by atoms with Crippen LogP contribution in [-0.2, 0) is 6.18 Å². The van der Waals surface area contributed by atoms with Gasteiger partial charge in [0.15, 0.2) is 0 Å². The van der Waals surface area contributed by atoms with Gasteiger partial charge in [0, 0.05) is 27.2 Å². The van der Waals surface area contributed by atoms with E-state index in [4.69, 9.17) is 4.98 Å². The van der Waals surface area contributed by atoms with Gasteiger partial charge < -0.3 is 0 Å². The number of pyridine rings is 1. The number of aromatic nitrogens is 1. The zero-order valence-corrected chi connectivity index (χ0v) is 19.7. The summed E-state index contributed by atoms with van der Waals surface area (Å²) in [6, 6.07) is 18.1. The summed E-state index contributed by atoms with van der Waals surface area (Å²) in [7, 11) is 0. The molecule has 2 aromatic heterocycles. The van der Waals surface area contributed by atoms with Crippen LogP contribution < -0.4 is 0 Å². The first kappa shape index (κ1) is 21.6. The lowest BCUT2D eigenvalue weighted by Crippen LogP contribution is -2.07. The number of halogens is 3. The molecular formula is C29H24F3NS. The van der Waals surface area contributed by atoms with Crippen molar-refractivity contribution in [3.8, 4) is 11.3 Å². The topological polar surface area (TPSA) is 12.9 Å². The van der Waals surface area contributed by atoms with Gasteiger partial charge in [-0.05, 0) is 65.8 Å². The second-order valence-corrected chi connectivity index (χ2v) is 10.4. The number of aryl methyl sites for hydroxylation is 1. The van der Waals surface area contributed by atoms with Crippen LogP contribution in [0.5, 0.6) is 0 Å². The second kappa shape index (κ2) is 8.09. The molecule has 1 saturated carbocycles. The lowest BCUT2D eigenvalue weighted by atomic mass is 9.81. The van der Waals surface area contributed by atoms with Crippen LogP contribution in [0.2, 0.25) is 0 Å². The lowest BCUT2D eigenvalue weighted by molar-refractivity contribution is -0.136. The normalized spacial score (nSPS) is 15.5. The maximum absolute atomic E-state index is 14.0. The average molecular weight is 476 g/mol. The Hall–Kier alpha value is -2.92. The minimum absolute atomic E-state index is 0.256. The number of nitrogens with zero attached hydrogens (tertiary/aromatic N) is 1. The molecule has 2 heterocycles. The van der Waals surface area contributed by atoms with Gasteiger partial charge in [0.2, 0.25) is 0 Å². The van der Waals surface area contributed by atoms with Crippen molar-refractivity contribution in [3.63, 3.8) is 0 Å². The first-order valence-electron chi connectivity index (χ1n) is 11.8. The first-order chi connectivity index (χ1) is 16.4. The molecule has 1 fully saturated rings. The molecule has 0 aliphatic heterocycles. The third kappa shape index (κ3) is 3.49. The third-order valence-electron chi connectivity index (χ3n) is 7.26. The van der Waals surface area contributed by atoms with Crippen molar-refractivity contribution in [2.75, 3.05) is 0 Å². The van der Waals surface area contributed by atoms with Crippen molar-refractivity contribution >= 4 is 42.3 Å². The summed E-state index contributed by atoms with van der Waals surface area (Å²) < 4.78 is 43.0. The number of rotatable bonds is 2. The molecule has 5 heteroatoms. The highest BCUT2D eigenvalue weighted by atomic mass is 32.1. The highest BCUT2D eigenvalue weighted by molar-refractivity contribution is 7.26. The smallest absolute Gasteiger partial charge is 0.255 e. The summed E-state index contributed by atoms with van der Waals surface area (Å²) in [6.07, 6.45) is 3.48. The maximum Gasteiger partial charge on any atom is 0.418 e. The van der Waals surface area contributed by atoms with E-state index in [2.05, 4.69) is 30.3 Å². The molecule has 172 valence electrons. The molecule has 34 heavy (non-hydrogen) atoms. The van der Waals surface area contributed by atoms with Gasteiger partial charge in [-0.3, -0.25) is 4.98 Å².